The van der Waals surface area contributed by atoms with Gasteiger partial charge in [0.2, 0.25) is 0 Å². The Morgan fingerprint density at radius 1 is 1.18 bits per heavy atom. The predicted molar refractivity (Wildman–Crippen MR) is 65.8 cm³/mol. The molecule has 94 valence electrons. The molecular weight excluding hydrogens is 218 g/mol. The van der Waals surface area contributed by atoms with Gasteiger partial charge in [0.15, 0.2) is 6.29 Å². The van der Waals surface area contributed by atoms with Crippen molar-refractivity contribution in [1.82, 2.24) is 5.32 Å². The number of amides is 1. The summed E-state index contributed by atoms with van der Waals surface area (Å²) in [7, 11) is 1.61. The van der Waals surface area contributed by atoms with E-state index in [2.05, 4.69) is 5.32 Å². The maximum absolute atomic E-state index is 11.4. The summed E-state index contributed by atoms with van der Waals surface area (Å²) >= 11 is 0. The molecule has 1 aromatic rings. The molecule has 0 aliphatic carbocycles. The first-order valence-corrected chi connectivity index (χ1v) is 5.78. The molecule has 0 atom stereocenters. The molecule has 0 bridgehead atoms. The van der Waals surface area contributed by atoms with Crippen molar-refractivity contribution in [2.75, 3.05) is 20.3 Å². The Labute approximate surface area is 102 Å². The van der Waals surface area contributed by atoms with Crippen molar-refractivity contribution >= 4 is 5.91 Å². The smallest absolute Gasteiger partial charge is 0.251 e. The molecule has 0 aliphatic rings. The van der Waals surface area contributed by atoms with Crippen LogP contribution in [0.25, 0.3) is 0 Å². The molecule has 4 nitrogen and oxygen atoms in total. The molecule has 0 unspecified atom stereocenters. The Morgan fingerprint density at radius 3 is 2.12 bits per heavy atom. The minimum atomic E-state index is -0.358. The van der Waals surface area contributed by atoms with Gasteiger partial charge in [0, 0.05) is 31.4 Å². The monoisotopic (exact) mass is 237 g/mol. The summed E-state index contributed by atoms with van der Waals surface area (Å²) in [6.07, 6.45) is -0.358. The van der Waals surface area contributed by atoms with Gasteiger partial charge in [-0.15, -0.1) is 0 Å². The Hall–Kier alpha value is -1.39. The first-order valence-electron chi connectivity index (χ1n) is 5.78. The molecule has 1 aromatic carbocycles. The van der Waals surface area contributed by atoms with Crippen LogP contribution < -0.4 is 5.32 Å². The molecule has 4 heteroatoms. The fraction of sp³-hybridized carbons (Fsp3) is 0.462. The SMILES string of the molecule is CCOC(OCC)c1ccc(C(=O)NC)cc1. The lowest BCUT2D eigenvalue weighted by Gasteiger charge is -2.17. The van der Waals surface area contributed by atoms with E-state index < -0.39 is 0 Å². The Kier molecular flexibility index (Phi) is 5.66. The van der Waals surface area contributed by atoms with Crippen LogP contribution in [0.2, 0.25) is 0 Å². The third kappa shape index (κ3) is 3.84. The Balaban J connectivity index is 2.80. The highest BCUT2D eigenvalue weighted by Crippen LogP contribution is 2.19. The van der Waals surface area contributed by atoms with Gasteiger partial charge in [-0.2, -0.15) is 0 Å². The van der Waals surface area contributed by atoms with Gasteiger partial charge in [-0.05, 0) is 26.0 Å². The van der Waals surface area contributed by atoms with Gasteiger partial charge >= 0.3 is 0 Å². The van der Waals surface area contributed by atoms with Crippen LogP contribution in [-0.4, -0.2) is 26.2 Å². The van der Waals surface area contributed by atoms with E-state index in [1.807, 2.05) is 26.0 Å². The molecule has 0 aromatic heterocycles. The molecule has 1 N–H and O–H groups in total. The molecule has 0 heterocycles. The zero-order valence-electron chi connectivity index (χ0n) is 10.5. The van der Waals surface area contributed by atoms with Crippen molar-refractivity contribution in [3.63, 3.8) is 0 Å². The lowest BCUT2D eigenvalue weighted by Crippen LogP contribution is -2.17. The molecule has 0 saturated carbocycles. The van der Waals surface area contributed by atoms with Crippen LogP contribution in [-0.2, 0) is 9.47 Å². The first-order chi connectivity index (χ1) is 8.22. The number of ether oxygens (including phenoxy) is 2. The third-order valence-electron chi connectivity index (χ3n) is 2.31. The molecule has 0 aliphatic heterocycles. The Bertz CT molecular complexity index is 342. The van der Waals surface area contributed by atoms with Crippen LogP contribution in [0, 0.1) is 0 Å². The van der Waals surface area contributed by atoms with Gasteiger partial charge < -0.3 is 14.8 Å². The summed E-state index contributed by atoms with van der Waals surface area (Å²) in [4.78, 5) is 11.4. The van der Waals surface area contributed by atoms with Gasteiger partial charge in [-0.3, -0.25) is 4.79 Å². The van der Waals surface area contributed by atoms with E-state index >= 15 is 0 Å². The van der Waals surface area contributed by atoms with E-state index in [1.165, 1.54) is 0 Å². The van der Waals surface area contributed by atoms with E-state index in [4.69, 9.17) is 9.47 Å². The highest BCUT2D eigenvalue weighted by atomic mass is 16.7. The molecule has 1 rings (SSSR count). The molecule has 0 spiro atoms. The molecule has 0 saturated heterocycles. The first kappa shape index (κ1) is 13.7. The van der Waals surface area contributed by atoms with Crippen LogP contribution in [0.3, 0.4) is 0 Å². The highest BCUT2D eigenvalue weighted by molar-refractivity contribution is 5.93. The van der Waals surface area contributed by atoms with Gasteiger partial charge in [0.25, 0.3) is 5.91 Å². The van der Waals surface area contributed by atoms with Crippen molar-refractivity contribution < 1.29 is 14.3 Å². The topological polar surface area (TPSA) is 47.6 Å². The lowest BCUT2D eigenvalue weighted by atomic mass is 10.1. The Morgan fingerprint density at radius 2 is 1.71 bits per heavy atom. The summed E-state index contributed by atoms with van der Waals surface area (Å²) in [6, 6.07) is 7.22. The van der Waals surface area contributed by atoms with Gasteiger partial charge in [0.1, 0.15) is 0 Å². The maximum atomic E-state index is 11.4. The van der Waals surface area contributed by atoms with Crippen LogP contribution in [0.5, 0.6) is 0 Å². The van der Waals surface area contributed by atoms with Crippen LogP contribution >= 0.6 is 0 Å². The average molecular weight is 237 g/mol. The molecule has 0 radical (unpaired) electrons. The molecular formula is C13H19NO3. The number of nitrogens with one attached hydrogen (secondary N) is 1. The second-order valence-electron chi connectivity index (χ2n) is 3.44. The van der Waals surface area contributed by atoms with Crippen molar-refractivity contribution in [3.8, 4) is 0 Å². The largest absolute Gasteiger partial charge is 0.355 e. The van der Waals surface area contributed by atoms with E-state index in [0.717, 1.165) is 5.56 Å². The summed E-state index contributed by atoms with van der Waals surface area (Å²) in [5.41, 5.74) is 1.55. The van der Waals surface area contributed by atoms with Crippen LogP contribution in [0.1, 0.15) is 36.1 Å². The minimum absolute atomic E-state index is 0.0964. The standard InChI is InChI=1S/C13H19NO3/c1-4-16-13(17-5-2)11-8-6-10(7-9-11)12(15)14-3/h6-9,13H,4-5H2,1-3H3,(H,14,15). The van der Waals surface area contributed by atoms with Gasteiger partial charge in [0.05, 0.1) is 0 Å². The van der Waals surface area contributed by atoms with E-state index in [9.17, 15) is 4.79 Å². The zero-order valence-corrected chi connectivity index (χ0v) is 10.5. The van der Waals surface area contributed by atoms with E-state index in [0.29, 0.717) is 18.8 Å². The van der Waals surface area contributed by atoms with Gasteiger partial charge in [-0.25, -0.2) is 0 Å². The number of rotatable bonds is 6. The highest BCUT2D eigenvalue weighted by Gasteiger charge is 2.11. The average Bonchev–Trinajstić information content (AvgIpc) is 2.38. The van der Waals surface area contributed by atoms with Crippen molar-refractivity contribution in [2.45, 2.75) is 20.1 Å². The minimum Gasteiger partial charge on any atom is -0.355 e. The van der Waals surface area contributed by atoms with Crippen molar-refractivity contribution in [2.24, 2.45) is 0 Å². The maximum Gasteiger partial charge on any atom is 0.251 e. The summed E-state index contributed by atoms with van der Waals surface area (Å²) in [5, 5.41) is 2.58. The van der Waals surface area contributed by atoms with E-state index in [1.54, 1.807) is 19.2 Å². The summed E-state index contributed by atoms with van der Waals surface area (Å²) < 4.78 is 10.9. The number of carbonyl (C=O) groups is 1. The second kappa shape index (κ2) is 7.04. The normalized spacial score (nSPS) is 10.6. The summed E-state index contributed by atoms with van der Waals surface area (Å²) in [6.45, 7) is 5.01. The number of carbonyl (C=O) groups excluding carboxylic acids is 1. The van der Waals surface area contributed by atoms with Crippen molar-refractivity contribution in [3.05, 3.63) is 35.4 Å². The third-order valence-corrected chi connectivity index (χ3v) is 2.31. The quantitative estimate of drug-likeness (QED) is 0.771. The molecule has 17 heavy (non-hydrogen) atoms. The number of benzene rings is 1. The van der Waals surface area contributed by atoms with Gasteiger partial charge in [-0.1, -0.05) is 12.1 Å². The number of hydrogen-bond donors (Lipinski definition) is 1. The number of hydrogen-bond acceptors (Lipinski definition) is 3. The zero-order chi connectivity index (χ0) is 12.7. The van der Waals surface area contributed by atoms with E-state index in [-0.39, 0.29) is 12.2 Å². The molecule has 1 amide bonds. The predicted octanol–water partition coefficient (Wildman–Crippen LogP) is 2.12. The fourth-order valence-electron chi connectivity index (χ4n) is 1.48. The second-order valence-corrected chi connectivity index (χ2v) is 3.44. The summed E-state index contributed by atoms with van der Waals surface area (Å²) in [5.74, 6) is -0.0964. The van der Waals surface area contributed by atoms with Crippen LogP contribution in [0.15, 0.2) is 24.3 Å². The lowest BCUT2D eigenvalue weighted by molar-refractivity contribution is -0.140. The molecule has 0 fully saturated rings. The van der Waals surface area contributed by atoms with Crippen molar-refractivity contribution in [1.29, 1.82) is 0 Å². The van der Waals surface area contributed by atoms with Crippen LogP contribution in [0.4, 0.5) is 0 Å². The fourth-order valence-corrected chi connectivity index (χ4v) is 1.48.